The fraction of sp³-hybridized carbons (Fsp3) is 0.615. The molecular formula is C13H20N2O2S. The smallest absolute Gasteiger partial charge is 0.314 e. The monoisotopic (exact) mass is 268 g/mol. The van der Waals surface area contributed by atoms with Gasteiger partial charge in [-0.15, -0.1) is 0 Å². The van der Waals surface area contributed by atoms with Gasteiger partial charge in [-0.1, -0.05) is 6.92 Å². The summed E-state index contributed by atoms with van der Waals surface area (Å²) < 4.78 is 0. The number of rotatable bonds is 6. The van der Waals surface area contributed by atoms with Crippen LogP contribution >= 0.6 is 11.3 Å². The molecule has 2 amide bonds. The molecule has 1 aromatic rings. The van der Waals surface area contributed by atoms with Crippen LogP contribution < -0.4 is 10.6 Å². The van der Waals surface area contributed by atoms with Crippen molar-refractivity contribution in [2.45, 2.75) is 32.3 Å². The molecule has 1 fully saturated rings. The Balaban J connectivity index is 1.66. The molecule has 0 radical (unpaired) electrons. The Hall–Kier alpha value is -1.07. The minimum atomic E-state index is -0.622. The third-order valence-corrected chi connectivity index (χ3v) is 4.42. The van der Waals surface area contributed by atoms with E-state index in [1.165, 1.54) is 24.2 Å². The highest BCUT2D eigenvalue weighted by atomic mass is 32.1. The number of thiophene rings is 1. The second kappa shape index (κ2) is 5.71. The van der Waals surface area contributed by atoms with Crippen molar-refractivity contribution >= 4 is 17.4 Å². The van der Waals surface area contributed by atoms with E-state index in [1.807, 2.05) is 16.8 Å². The van der Waals surface area contributed by atoms with Crippen LogP contribution in [-0.4, -0.2) is 24.2 Å². The van der Waals surface area contributed by atoms with E-state index in [9.17, 15) is 9.90 Å². The Kier molecular flexibility index (Phi) is 4.24. The van der Waals surface area contributed by atoms with E-state index >= 15 is 0 Å². The summed E-state index contributed by atoms with van der Waals surface area (Å²) in [7, 11) is 0. The van der Waals surface area contributed by atoms with Crippen molar-refractivity contribution in [3.63, 3.8) is 0 Å². The van der Waals surface area contributed by atoms with Gasteiger partial charge < -0.3 is 15.7 Å². The van der Waals surface area contributed by atoms with Gasteiger partial charge in [-0.05, 0) is 47.1 Å². The van der Waals surface area contributed by atoms with Crippen molar-refractivity contribution in [2.75, 3.05) is 13.1 Å². The number of carbonyl (C=O) groups excluding carboxylic acids is 1. The van der Waals surface area contributed by atoms with Crippen molar-refractivity contribution < 1.29 is 9.90 Å². The van der Waals surface area contributed by atoms with Gasteiger partial charge in [0.2, 0.25) is 0 Å². The lowest BCUT2D eigenvalue weighted by molar-refractivity contribution is 0.173. The first-order valence-electron chi connectivity index (χ1n) is 6.37. The van der Waals surface area contributed by atoms with Gasteiger partial charge in [-0.3, -0.25) is 0 Å². The molecule has 1 aromatic heterocycles. The van der Waals surface area contributed by atoms with Gasteiger partial charge >= 0.3 is 6.03 Å². The molecular weight excluding hydrogens is 248 g/mol. The van der Waals surface area contributed by atoms with Crippen molar-refractivity contribution in [1.29, 1.82) is 0 Å². The first-order valence-corrected chi connectivity index (χ1v) is 7.31. The van der Waals surface area contributed by atoms with Crippen LogP contribution in [0.4, 0.5) is 4.79 Å². The zero-order valence-electron chi connectivity index (χ0n) is 10.6. The Morgan fingerprint density at radius 2 is 2.33 bits per heavy atom. The molecule has 4 nitrogen and oxygen atoms in total. The van der Waals surface area contributed by atoms with Crippen molar-refractivity contribution in [1.82, 2.24) is 10.6 Å². The predicted octanol–water partition coefficient (Wildman–Crippen LogP) is 2.27. The minimum Gasteiger partial charge on any atom is -0.387 e. The first-order chi connectivity index (χ1) is 8.65. The molecule has 18 heavy (non-hydrogen) atoms. The average Bonchev–Trinajstić information content (AvgIpc) is 2.96. The SMILES string of the molecule is CCC1(CNC(=O)NCC(O)c2ccsc2)CC1. The number of carbonyl (C=O) groups is 1. The van der Waals surface area contributed by atoms with E-state index in [4.69, 9.17) is 0 Å². The summed E-state index contributed by atoms with van der Waals surface area (Å²) in [5.41, 5.74) is 1.20. The van der Waals surface area contributed by atoms with Crippen LogP contribution in [0.25, 0.3) is 0 Å². The van der Waals surface area contributed by atoms with E-state index < -0.39 is 6.10 Å². The number of urea groups is 1. The van der Waals surface area contributed by atoms with Crippen LogP contribution in [0, 0.1) is 5.41 Å². The normalized spacial score (nSPS) is 18.1. The van der Waals surface area contributed by atoms with E-state index in [-0.39, 0.29) is 12.6 Å². The molecule has 3 N–H and O–H groups in total. The lowest BCUT2D eigenvalue weighted by Crippen LogP contribution is -2.40. The standard InChI is InChI=1S/C13H20N2O2S/c1-2-13(4-5-13)9-15-12(17)14-7-11(16)10-3-6-18-8-10/h3,6,8,11,16H,2,4-5,7,9H2,1H3,(H2,14,15,17). The minimum absolute atomic E-state index is 0.191. The molecule has 2 rings (SSSR count). The van der Waals surface area contributed by atoms with Crippen LogP contribution in [-0.2, 0) is 0 Å². The molecule has 5 heteroatoms. The van der Waals surface area contributed by atoms with Gasteiger partial charge in [-0.25, -0.2) is 4.79 Å². The number of amides is 2. The van der Waals surface area contributed by atoms with Crippen LogP contribution in [0.5, 0.6) is 0 Å². The maximum Gasteiger partial charge on any atom is 0.314 e. The number of hydrogen-bond acceptors (Lipinski definition) is 3. The van der Waals surface area contributed by atoms with Crippen LogP contribution in [0.15, 0.2) is 16.8 Å². The van der Waals surface area contributed by atoms with Crippen LogP contribution in [0.3, 0.4) is 0 Å². The largest absolute Gasteiger partial charge is 0.387 e. The van der Waals surface area contributed by atoms with Gasteiger partial charge in [0.15, 0.2) is 0 Å². The summed E-state index contributed by atoms with van der Waals surface area (Å²) in [6.45, 7) is 3.15. The zero-order valence-corrected chi connectivity index (χ0v) is 11.4. The second-order valence-electron chi connectivity index (χ2n) is 4.99. The van der Waals surface area contributed by atoms with Gasteiger partial charge in [-0.2, -0.15) is 11.3 Å². The summed E-state index contributed by atoms with van der Waals surface area (Å²) in [4.78, 5) is 11.6. The molecule has 0 bridgehead atoms. The fourth-order valence-electron chi connectivity index (χ4n) is 1.93. The number of aliphatic hydroxyl groups is 1. The van der Waals surface area contributed by atoms with Crippen molar-refractivity contribution in [2.24, 2.45) is 5.41 Å². The summed E-state index contributed by atoms with van der Waals surface area (Å²) in [5.74, 6) is 0. The molecule has 1 unspecified atom stereocenters. The maximum atomic E-state index is 11.6. The molecule has 1 heterocycles. The molecule has 0 aromatic carbocycles. The molecule has 1 saturated carbocycles. The van der Waals surface area contributed by atoms with Gasteiger partial charge in [0.05, 0.1) is 6.10 Å². The lowest BCUT2D eigenvalue weighted by Gasteiger charge is -2.15. The average molecular weight is 268 g/mol. The van der Waals surface area contributed by atoms with E-state index in [0.717, 1.165) is 18.5 Å². The summed E-state index contributed by atoms with van der Waals surface area (Å²) in [5, 5.41) is 19.2. The lowest BCUT2D eigenvalue weighted by atomic mass is 10.0. The van der Waals surface area contributed by atoms with Gasteiger partial charge in [0, 0.05) is 13.1 Å². The van der Waals surface area contributed by atoms with Crippen molar-refractivity contribution in [3.8, 4) is 0 Å². The third kappa shape index (κ3) is 3.46. The highest BCUT2D eigenvalue weighted by Crippen LogP contribution is 2.47. The Morgan fingerprint density at radius 3 is 2.89 bits per heavy atom. The fourth-order valence-corrected chi connectivity index (χ4v) is 2.64. The molecule has 1 atom stereocenters. The van der Waals surface area contributed by atoms with Crippen molar-refractivity contribution in [3.05, 3.63) is 22.4 Å². The summed E-state index contributed by atoms with van der Waals surface area (Å²) in [6.07, 6.45) is 2.91. The van der Waals surface area contributed by atoms with E-state index in [2.05, 4.69) is 17.6 Å². The first kappa shape index (κ1) is 13.4. The number of aliphatic hydroxyl groups excluding tert-OH is 1. The number of nitrogens with one attached hydrogen (secondary N) is 2. The zero-order chi connectivity index (χ0) is 13.0. The molecule has 1 aliphatic carbocycles. The topological polar surface area (TPSA) is 61.4 Å². The Bertz CT molecular complexity index is 388. The third-order valence-electron chi connectivity index (χ3n) is 3.71. The second-order valence-corrected chi connectivity index (χ2v) is 5.77. The molecule has 0 saturated heterocycles. The van der Waals surface area contributed by atoms with E-state index in [1.54, 1.807) is 0 Å². The van der Waals surface area contributed by atoms with Gasteiger partial charge in [0.25, 0.3) is 0 Å². The highest BCUT2D eigenvalue weighted by Gasteiger charge is 2.40. The quantitative estimate of drug-likeness (QED) is 0.741. The summed E-state index contributed by atoms with van der Waals surface area (Å²) in [6, 6.07) is 1.68. The maximum absolute atomic E-state index is 11.6. The van der Waals surface area contributed by atoms with Crippen LogP contribution in [0.2, 0.25) is 0 Å². The summed E-state index contributed by atoms with van der Waals surface area (Å²) >= 11 is 1.54. The molecule has 1 aliphatic rings. The Labute approximate surface area is 111 Å². The predicted molar refractivity (Wildman–Crippen MR) is 72.6 cm³/mol. The molecule has 0 aliphatic heterocycles. The molecule has 100 valence electrons. The van der Waals surface area contributed by atoms with Gasteiger partial charge in [0.1, 0.15) is 0 Å². The van der Waals surface area contributed by atoms with Crippen LogP contribution in [0.1, 0.15) is 37.9 Å². The number of hydrogen-bond donors (Lipinski definition) is 3. The molecule has 0 spiro atoms. The highest BCUT2D eigenvalue weighted by molar-refractivity contribution is 7.07. The van der Waals surface area contributed by atoms with E-state index in [0.29, 0.717) is 5.41 Å². The Morgan fingerprint density at radius 1 is 1.56 bits per heavy atom.